The fraction of sp³-hybridized carbons (Fsp3) is 0.368. The van der Waals surface area contributed by atoms with Gasteiger partial charge in [-0.1, -0.05) is 0 Å². The molecule has 9 heteroatoms. The van der Waals surface area contributed by atoms with Crippen molar-refractivity contribution in [3.05, 3.63) is 54.1 Å². The van der Waals surface area contributed by atoms with Crippen LogP contribution in [0.1, 0.15) is 25.0 Å². The fourth-order valence-electron chi connectivity index (χ4n) is 3.66. The molecule has 0 aromatic carbocycles. The van der Waals surface area contributed by atoms with E-state index < -0.39 is 17.4 Å². The van der Waals surface area contributed by atoms with Crippen LogP contribution in [0.5, 0.6) is 0 Å². The normalized spacial score (nSPS) is 24.5. The van der Waals surface area contributed by atoms with Crippen molar-refractivity contribution in [2.24, 2.45) is 0 Å². The lowest BCUT2D eigenvalue weighted by atomic mass is 9.65. The fourth-order valence-corrected chi connectivity index (χ4v) is 3.66. The molecule has 4 rings (SSSR count). The van der Waals surface area contributed by atoms with Gasteiger partial charge >= 0.3 is 0 Å². The summed E-state index contributed by atoms with van der Waals surface area (Å²) in [5, 5.41) is 12.4. The number of amides is 1. The summed E-state index contributed by atoms with van der Waals surface area (Å²) in [5.41, 5.74) is 0.0218. The minimum absolute atomic E-state index is 0.0530. The Morgan fingerprint density at radius 3 is 2.68 bits per heavy atom. The zero-order valence-electron chi connectivity index (χ0n) is 15.0. The number of carbonyl (C=O) groups excluding carboxylic acids is 1. The number of nitrogens with one attached hydrogen (secondary N) is 1. The standard InChI is InChI=1S/C19H19F2N5O2/c20-12-7-19(8-12,17-15(21)2-1-4-22-17)11-25-18-23-9-13(10-24-18)26-5-3-14(27)6-16(26)28/h1-4,9-10,12,27H,5-8,11H2,(H,23,24,25). The Labute approximate surface area is 160 Å². The number of halogens is 2. The SMILES string of the molecule is O=C1CC(O)=CCN1c1cnc(NCC2(c3ncccc3F)CC(F)C2)nc1. The van der Waals surface area contributed by atoms with Crippen LogP contribution >= 0.6 is 0 Å². The number of aliphatic hydroxyl groups is 1. The highest BCUT2D eigenvalue weighted by Crippen LogP contribution is 2.45. The first-order valence-electron chi connectivity index (χ1n) is 8.96. The molecule has 3 heterocycles. The highest BCUT2D eigenvalue weighted by molar-refractivity contribution is 5.95. The van der Waals surface area contributed by atoms with Crippen LogP contribution in [0.2, 0.25) is 0 Å². The first-order chi connectivity index (χ1) is 13.5. The third kappa shape index (κ3) is 3.39. The molecule has 0 atom stereocenters. The second kappa shape index (κ2) is 7.14. The van der Waals surface area contributed by atoms with Crippen LogP contribution in [0, 0.1) is 5.82 Å². The lowest BCUT2D eigenvalue weighted by Crippen LogP contribution is -2.49. The Morgan fingerprint density at radius 1 is 1.29 bits per heavy atom. The van der Waals surface area contributed by atoms with Crippen molar-refractivity contribution in [2.75, 3.05) is 23.3 Å². The number of hydrogen-bond acceptors (Lipinski definition) is 6. The van der Waals surface area contributed by atoms with Crippen molar-refractivity contribution in [1.82, 2.24) is 15.0 Å². The number of alkyl halides is 1. The van der Waals surface area contributed by atoms with E-state index in [0.29, 0.717) is 11.6 Å². The van der Waals surface area contributed by atoms with Crippen LogP contribution in [0.25, 0.3) is 0 Å². The second-order valence-electron chi connectivity index (χ2n) is 7.11. The maximum atomic E-state index is 14.2. The van der Waals surface area contributed by atoms with Crippen molar-refractivity contribution in [1.29, 1.82) is 0 Å². The zero-order valence-corrected chi connectivity index (χ0v) is 15.0. The van der Waals surface area contributed by atoms with Crippen LogP contribution < -0.4 is 10.2 Å². The smallest absolute Gasteiger partial charge is 0.234 e. The van der Waals surface area contributed by atoms with Gasteiger partial charge in [0, 0.05) is 24.7 Å². The first-order valence-corrected chi connectivity index (χ1v) is 8.96. The van der Waals surface area contributed by atoms with Crippen molar-refractivity contribution in [3.8, 4) is 0 Å². The summed E-state index contributed by atoms with van der Waals surface area (Å²) in [5.74, 6) is -0.339. The molecule has 28 heavy (non-hydrogen) atoms. The Bertz CT molecular complexity index is 913. The molecule has 1 aliphatic heterocycles. The Balaban J connectivity index is 1.46. The number of carbonyl (C=O) groups is 1. The van der Waals surface area contributed by atoms with Crippen LogP contribution in [0.3, 0.4) is 0 Å². The molecule has 7 nitrogen and oxygen atoms in total. The summed E-state index contributed by atoms with van der Waals surface area (Å²) in [6.07, 6.45) is 5.38. The van der Waals surface area contributed by atoms with E-state index in [1.807, 2.05) is 0 Å². The van der Waals surface area contributed by atoms with Gasteiger partial charge in [-0.05, 0) is 31.1 Å². The summed E-state index contributed by atoms with van der Waals surface area (Å²) < 4.78 is 27.8. The van der Waals surface area contributed by atoms with Gasteiger partial charge in [-0.15, -0.1) is 0 Å². The van der Waals surface area contributed by atoms with E-state index in [1.54, 1.807) is 6.08 Å². The lowest BCUT2D eigenvalue weighted by molar-refractivity contribution is -0.118. The van der Waals surface area contributed by atoms with E-state index in [9.17, 15) is 18.7 Å². The quantitative estimate of drug-likeness (QED) is 0.820. The number of aromatic nitrogens is 3. The first kappa shape index (κ1) is 18.3. The topological polar surface area (TPSA) is 91.2 Å². The van der Waals surface area contributed by atoms with Crippen LogP contribution in [-0.4, -0.2) is 45.2 Å². The predicted molar refractivity (Wildman–Crippen MR) is 98.2 cm³/mol. The third-order valence-electron chi connectivity index (χ3n) is 5.16. The van der Waals surface area contributed by atoms with Gasteiger partial charge in [-0.25, -0.2) is 18.7 Å². The molecule has 1 saturated carbocycles. The van der Waals surface area contributed by atoms with E-state index in [0.717, 1.165) is 0 Å². The molecule has 0 spiro atoms. The summed E-state index contributed by atoms with van der Waals surface area (Å²) in [7, 11) is 0. The Morgan fingerprint density at radius 2 is 2.04 bits per heavy atom. The van der Waals surface area contributed by atoms with Gasteiger partial charge in [0.1, 0.15) is 12.0 Å². The summed E-state index contributed by atoms with van der Waals surface area (Å²) >= 11 is 0. The van der Waals surface area contributed by atoms with Gasteiger partial charge in [-0.2, -0.15) is 0 Å². The van der Waals surface area contributed by atoms with Crippen molar-refractivity contribution >= 4 is 17.5 Å². The lowest BCUT2D eigenvalue weighted by Gasteiger charge is -2.43. The molecule has 2 aromatic rings. The summed E-state index contributed by atoms with van der Waals surface area (Å²) in [4.78, 5) is 26.0. The molecule has 2 aliphatic rings. The Hall–Kier alpha value is -3.10. The highest BCUT2D eigenvalue weighted by atomic mass is 19.1. The predicted octanol–water partition coefficient (Wildman–Crippen LogP) is 2.67. The molecule has 1 fully saturated rings. The second-order valence-corrected chi connectivity index (χ2v) is 7.11. The highest BCUT2D eigenvalue weighted by Gasteiger charge is 2.48. The van der Waals surface area contributed by atoms with Gasteiger partial charge in [0.25, 0.3) is 0 Å². The molecule has 0 unspecified atom stereocenters. The van der Waals surface area contributed by atoms with E-state index in [4.69, 9.17) is 0 Å². The number of hydrogen-bond donors (Lipinski definition) is 2. The molecule has 2 N–H and O–H groups in total. The number of aliphatic hydroxyl groups excluding tert-OH is 1. The van der Waals surface area contributed by atoms with E-state index >= 15 is 0 Å². The maximum absolute atomic E-state index is 14.2. The van der Waals surface area contributed by atoms with Crippen molar-refractivity contribution in [3.63, 3.8) is 0 Å². The van der Waals surface area contributed by atoms with Crippen LogP contribution in [0.4, 0.5) is 20.4 Å². The Kier molecular flexibility index (Phi) is 4.66. The van der Waals surface area contributed by atoms with Gasteiger partial charge in [-0.3, -0.25) is 9.78 Å². The molecule has 0 radical (unpaired) electrons. The minimum atomic E-state index is -0.985. The van der Waals surface area contributed by atoms with Crippen LogP contribution in [-0.2, 0) is 10.2 Å². The number of rotatable bonds is 5. The van der Waals surface area contributed by atoms with E-state index in [2.05, 4.69) is 20.3 Å². The summed E-state index contributed by atoms with van der Waals surface area (Å²) in [6, 6.07) is 2.83. The molecule has 1 aliphatic carbocycles. The average molecular weight is 387 g/mol. The third-order valence-corrected chi connectivity index (χ3v) is 5.16. The van der Waals surface area contributed by atoms with Gasteiger partial charge in [0.05, 0.1) is 36.0 Å². The number of anilines is 2. The molecule has 0 saturated heterocycles. The summed E-state index contributed by atoms with van der Waals surface area (Å²) in [6.45, 7) is 0.501. The number of nitrogens with zero attached hydrogens (tertiary/aromatic N) is 4. The molecular weight excluding hydrogens is 368 g/mol. The van der Waals surface area contributed by atoms with Crippen molar-refractivity contribution < 1.29 is 18.7 Å². The van der Waals surface area contributed by atoms with Gasteiger partial charge < -0.3 is 15.3 Å². The molecule has 0 bridgehead atoms. The maximum Gasteiger partial charge on any atom is 0.234 e. The zero-order chi connectivity index (χ0) is 19.7. The molecule has 146 valence electrons. The monoisotopic (exact) mass is 387 g/mol. The molecule has 1 amide bonds. The minimum Gasteiger partial charge on any atom is -0.512 e. The van der Waals surface area contributed by atoms with Gasteiger partial charge in [0.15, 0.2) is 0 Å². The van der Waals surface area contributed by atoms with E-state index in [1.165, 1.54) is 35.6 Å². The van der Waals surface area contributed by atoms with E-state index in [-0.39, 0.29) is 49.7 Å². The molecule has 2 aromatic heterocycles. The molecular formula is C19H19F2N5O2. The van der Waals surface area contributed by atoms with Crippen LogP contribution in [0.15, 0.2) is 42.6 Å². The largest absolute Gasteiger partial charge is 0.512 e. The number of pyridine rings is 1. The van der Waals surface area contributed by atoms with Crippen molar-refractivity contribution in [2.45, 2.75) is 30.8 Å². The average Bonchev–Trinajstić information content (AvgIpc) is 2.65. The van der Waals surface area contributed by atoms with Gasteiger partial charge in [0.2, 0.25) is 11.9 Å².